The number of rotatable bonds is 1. The van der Waals surface area contributed by atoms with Gasteiger partial charge in [0.25, 0.3) is 0 Å². The van der Waals surface area contributed by atoms with E-state index in [1.165, 1.54) is 17.4 Å². The smallest absolute Gasteiger partial charge is 0.245 e. The summed E-state index contributed by atoms with van der Waals surface area (Å²) in [6, 6.07) is 2.34. The normalized spacial score (nSPS) is 12.6. The van der Waals surface area contributed by atoms with Gasteiger partial charge in [0.2, 0.25) is 0 Å². The van der Waals surface area contributed by atoms with Crippen LogP contribution in [-0.4, -0.2) is 4.98 Å². The van der Waals surface area contributed by atoms with Crippen molar-refractivity contribution in [3.05, 3.63) is 28.8 Å². The molecule has 0 spiro atoms. The number of hydrogen-bond acceptors (Lipinski definition) is 2. The summed E-state index contributed by atoms with van der Waals surface area (Å²) in [5.74, 6) is 0.0604. The predicted molar refractivity (Wildman–Crippen MR) is 58.7 cm³/mol. The van der Waals surface area contributed by atoms with Crippen LogP contribution >= 0.6 is 11.3 Å². The molecule has 0 fully saturated rings. The van der Waals surface area contributed by atoms with Crippen LogP contribution in [0.25, 0.3) is 10.2 Å². The largest absolute Gasteiger partial charge is 0.416 e. The van der Waals surface area contributed by atoms with Gasteiger partial charge in [0, 0.05) is 0 Å². The molecule has 0 aliphatic rings. The molecule has 0 atom stereocenters. The van der Waals surface area contributed by atoms with Crippen molar-refractivity contribution < 1.29 is 13.2 Å². The molecular formula is C11H10F3NS. The lowest BCUT2D eigenvalue weighted by Gasteiger charge is -2.11. The maximum atomic E-state index is 12.6. The first-order valence-corrected chi connectivity index (χ1v) is 5.72. The van der Waals surface area contributed by atoms with Gasteiger partial charge >= 0.3 is 6.18 Å². The highest BCUT2D eigenvalue weighted by Crippen LogP contribution is 2.36. The van der Waals surface area contributed by atoms with Crippen LogP contribution in [0.2, 0.25) is 0 Å². The maximum Gasteiger partial charge on any atom is 0.416 e. The second-order valence-electron chi connectivity index (χ2n) is 3.92. The van der Waals surface area contributed by atoms with Gasteiger partial charge in [-0.3, -0.25) is 0 Å². The van der Waals surface area contributed by atoms with Crippen molar-refractivity contribution in [3.63, 3.8) is 0 Å². The summed E-state index contributed by atoms with van der Waals surface area (Å²) in [7, 11) is 0. The van der Waals surface area contributed by atoms with Crippen molar-refractivity contribution in [2.45, 2.75) is 25.9 Å². The van der Waals surface area contributed by atoms with Gasteiger partial charge in [0.1, 0.15) is 0 Å². The van der Waals surface area contributed by atoms with E-state index in [1.54, 1.807) is 5.51 Å². The Hall–Kier alpha value is -1.10. The molecule has 2 rings (SSSR count). The van der Waals surface area contributed by atoms with Gasteiger partial charge in [-0.15, -0.1) is 11.3 Å². The Morgan fingerprint density at radius 2 is 1.94 bits per heavy atom. The lowest BCUT2D eigenvalue weighted by Crippen LogP contribution is -2.06. The first-order chi connectivity index (χ1) is 7.39. The Bertz CT molecular complexity index is 513. The molecule has 0 aliphatic carbocycles. The predicted octanol–water partition coefficient (Wildman–Crippen LogP) is 4.44. The molecule has 0 radical (unpaired) electrons. The highest BCUT2D eigenvalue weighted by Gasteiger charge is 2.31. The number of halogens is 3. The SMILES string of the molecule is CC(C)c1cc(C(F)(F)F)cc2ncsc12. The van der Waals surface area contributed by atoms with E-state index < -0.39 is 11.7 Å². The fourth-order valence-electron chi connectivity index (χ4n) is 1.59. The number of nitrogens with zero attached hydrogens (tertiary/aromatic N) is 1. The van der Waals surface area contributed by atoms with Gasteiger partial charge in [-0.05, 0) is 23.6 Å². The number of thiazole rings is 1. The third kappa shape index (κ3) is 1.91. The van der Waals surface area contributed by atoms with Crippen molar-refractivity contribution in [2.24, 2.45) is 0 Å². The van der Waals surface area contributed by atoms with E-state index >= 15 is 0 Å². The van der Waals surface area contributed by atoms with Gasteiger partial charge < -0.3 is 0 Å². The van der Waals surface area contributed by atoms with Crippen LogP contribution in [0.15, 0.2) is 17.6 Å². The van der Waals surface area contributed by atoms with Crippen molar-refractivity contribution in [1.82, 2.24) is 4.98 Å². The molecule has 0 N–H and O–H groups in total. The molecule has 16 heavy (non-hydrogen) atoms. The van der Waals surface area contributed by atoms with Crippen LogP contribution in [-0.2, 0) is 6.18 Å². The van der Waals surface area contributed by atoms with E-state index in [9.17, 15) is 13.2 Å². The Balaban J connectivity index is 2.71. The van der Waals surface area contributed by atoms with E-state index in [4.69, 9.17) is 0 Å². The standard InChI is InChI=1S/C11H10F3NS/c1-6(2)8-3-7(11(12,13)14)4-9-10(8)16-5-15-9/h3-6H,1-2H3. The van der Waals surface area contributed by atoms with Crippen LogP contribution in [0.3, 0.4) is 0 Å². The fraction of sp³-hybridized carbons (Fsp3) is 0.364. The minimum absolute atomic E-state index is 0.0604. The number of alkyl halides is 3. The third-order valence-electron chi connectivity index (χ3n) is 2.41. The van der Waals surface area contributed by atoms with E-state index in [-0.39, 0.29) is 5.92 Å². The van der Waals surface area contributed by atoms with Crippen LogP contribution in [0.4, 0.5) is 13.2 Å². The molecule has 1 aromatic heterocycles. The number of fused-ring (bicyclic) bond motifs is 1. The van der Waals surface area contributed by atoms with Gasteiger partial charge in [0.15, 0.2) is 0 Å². The average Bonchev–Trinajstić information content (AvgIpc) is 2.61. The minimum atomic E-state index is -4.30. The molecule has 1 heterocycles. The highest BCUT2D eigenvalue weighted by molar-refractivity contribution is 7.17. The number of aromatic nitrogens is 1. The molecule has 0 aliphatic heterocycles. The van der Waals surface area contributed by atoms with Gasteiger partial charge in [-0.25, -0.2) is 4.98 Å². The molecule has 5 heteroatoms. The monoisotopic (exact) mass is 245 g/mol. The summed E-state index contributed by atoms with van der Waals surface area (Å²) in [6.45, 7) is 3.77. The first kappa shape index (κ1) is 11.4. The van der Waals surface area contributed by atoms with E-state index in [1.807, 2.05) is 13.8 Å². The Morgan fingerprint density at radius 3 is 2.50 bits per heavy atom. The number of hydrogen-bond donors (Lipinski definition) is 0. The second-order valence-corrected chi connectivity index (χ2v) is 4.77. The summed E-state index contributed by atoms with van der Waals surface area (Å²) in [4.78, 5) is 3.95. The molecule has 0 saturated heterocycles. The molecule has 0 unspecified atom stereocenters. The first-order valence-electron chi connectivity index (χ1n) is 4.84. The van der Waals surface area contributed by atoms with E-state index in [0.29, 0.717) is 11.1 Å². The quantitative estimate of drug-likeness (QED) is 0.723. The summed E-state index contributed by atoms with van der Waals surface area (Å²) >= 11 is 1.38. The molecule has 0 saturated carbocycles. The molecule has 1 nitrogen and oxygen atoms in total. The van der Waals surface area contributed by atoms with Gasteiger partial charge in [-0.2, -0.15) is 13.2 Å². The van der Waals surface area contributed by atoms with E-state index in [2.05, 4.69) is 4.98 Å². The van der Waals surface area contributed by atoms with Crippen molar-refractivity contribution >= 4 is 21.6 Å². The maximum absolute atomic E-state index is 12.6. The highest BCUT2D eigenvalue weighted by atomic mass is 32.1. The Labute approximate surface area is 94.9 Å². The zero-order valence-corrected chi connectivity index (χ0v) is 9.62. The molecular weight excluding hydrogens is 235 g/mol. The summed E-state index contributed by atoms with van der Waals surface area (Å²) in [5.41, 5.74) is 2.11. The molecule has 1 aromatic carbocycles. The lowest BCUT2D eigenvalue weighted by molar-refractivity contribution is -0.137. The van der Waals surface area contributed by atoms with Crippen LogP contribution in [0.5, 0.6) is 0 Å². The summed E-state index contributed by atoms with van der Waals surface area (Å²) < 4.78 is 38.8. The van der Waals surface area contributed by atoms with Gasteiger partial charge in [-0.1, -0.05) is 13.8 Å². The minimum Gasteiger partial charge on any atom is -0.245 e. The molecule has 86 valence electrons. The summed E-state index contributed by atoms with van der Waals surface area (Å²) in [6.07, 6.45) is -4.30. The average molecular weight is 245 g/mol. The van der Waals surface area contributed by atoms with Crippen LogP contribution in [0, 0.1) is 0 Å². The summed E-state index contributed by atoms with van der Waals surface area (Å²) in [5, 5.41) is 0. The van der Waals surface area contributed by atoms with Crippen molar-refractivity contribution in [2.75, 3.05) is 0 Å². The Kier molecular flexibility index (Phi) is 2.66. The van der Waals surface area contributed by atoms with Crippen LogP contribution in [0.1, 0.15) is 30.9 Å². The fourth-order valence-corrected chi connectivity index (χ4v) is 2.52. The molecule has 2 aromatic rings. The van der Waals surface area contributed by atoms with Crippen LogP contribution < -0.4 is 0 Å². The molecule has 0 amide bonds. The second kappa shape index (κ2) is 3.73. The zero-order chi connectivity index (χ0) is 11.9. The number of benzene rings is 1. The lowest BCUT2D eigenvalue weighted by atomic mass is 10.00. The Morgan fingerprint density at radius 1 is 1.25 bits per heavy atom. The third-order valence-corrected chi connectivity index (χ3v) is 3.30. The topological polar surface area (TPSA) is 12.9 Å². The van der Waals surface area contributed by atoms with Crippen molar-refractivity contribution in [3.8, 4) is 0 Å². The molecule has 0 bridgehead atoms. The van der Waals surface area contributed by atoms with Gasteiger partial charge in [0.05, 0.1) is 21.3 Å². The zero-order valence-electron chi connectivity index (χ0n) is 8.80. The van der Waals surface area contributed by atoms with E-state index in [0.717, 1.165) is 10.8 Å². The van der Waals surface area contributed by atoms with Crippen molar-refractivity contribution in [1.29, 1.82) is 0 Å².